The van der Waals surface area contributed by atoms with Crippen LogP contribution in [0.3, 0.4) is 0 Å². The number of unbranched alkanes of at least 4 members (excludes halogenated alkanes) is 1. The van der Waals surface area contributed by atoms with Gasteiger partial charge in [-0.2, -0.15) is 0 Å². The van der Waals surface area contributed by atoms with Crippen molar-refractivity contribution in [3.63, 3.8) is 0 Å². The van der Waals surface area contributed by atoms with Crippen LogP contribution < -0.4 is 5.73 Å². The van der Waals surface area contributed by atoms with Gasteiger partial charge >= 0.3 is 0 Å². The van der Waals surface area contributed by atoms with Gasteiger partial charge < -0.3 is 5.73 Å². The molecule has 1 unspecified atom stereocenters. The normalized spacial score (nSPS) is 13.0. The van der Waals surface area contributed by atoms with Gasteiger partial charge in [-0.1, -0.05) is 26.3 Å². The van der Waals surface area contributed by atoms with Gasteiger partial charge in [-0.15, -0.1) is 0 Å². The number of rotatable bonds is 7. The fourth-order valence-corrected chi connectivity index (χ4v) is 1.93. The van der Waals surface area contributed by atoms with Gasteiger partial charge in [-0.05, 0) is 31.6 Å². The Kier molecular flexibility index (Phi) is 6.04. The van der Waals surface area contributed by atoms with Crippen molar-refractivity contribution in [2.45, 2.75) is 32.7 Å². The van der Waals surface area contributed by atoms with E-state index in [-0.39, 0.29) is 6.04 Å². The Morgan fingerprint density at radius 1 is 1.38 bits per heavy atom. The van der Waals surface area contributed by atoms with Gasteiger partial charge in [0, 0.05) is 12.7 Å². The van der Waals surface area contributed by atoms with Crippen molar-refractivity contribution in [3.05, 3.63) is 30.1 Å². The summed E-state index contributed by atoms with van der Waals surface area (Å²) in [4.78, 5) is 6.81. The Bertz CT molecular complexity index is 274. The number of hydrogen-bond donors (Lipinski definition) is 1. The van der Waals surface area contributed by atoms with Crippen LogP contribution in [0.4, 0.5) is 0 Å². The molecule has 90 valence electrons. The molecule has 0 saturated heterocycles. The largest absolute Gasteiger partial charge is 0.329 e. The minimum atomic E-state index is 0.262. The molecule has 3 heteroatoms. The molecular formula is C13H23N3. The van der Waals surface area contributed by atoms with Crippen molar-refractivity contribution in [1.82, 2.24) is 9.88 Å². The predicted molar refractivity (Wildman–Crippen MR) is 68.2 cm³/mol. The fourth-order valence-electron chi connectivity index (χ4n) is 1.93. The van der Waals surface area contributed by atoms with E-state index in [0.717, 1.165) is 18.8 Å². The molecule has 0 aliphatic carbocycles. The van der Waals surface area contributed by atoms with Crippen LogP contribution >= 0.6 is 0 Å². The van der Waals surface area contributed by atoms with Crippen molar-refractivity contribution in [1.29, 1.82) is 0 Å². The summed E-state index contributed by atoms with van der Waals surface area (Å²) in [5, 5.41) is 0. The third-order valence-electron chi connectivity index (χ3n) is 2.90. The number of pyridine rings is 1. The average molecular weight is 221 g/mol. The first-order chi connectivity index (χ1) is 7.83. The molecular weight excluding hydrogens is 198 g/mol. The number of aromatic nitrogens is 1. The maximum atomic E-state index is 5.87. The van der Waals surface area contributed by atoms with Crippen LogP contribution in [0.15, 0.2) is 24.4 Å². The minimum absolute atomic E-state index is 0.262. The van der Waals surface area contributed by atoms with Gasteiger partial charge in [0.15, 0.2) is 0 Å². The number of likely N-dealkylation sites (N-methyl/N-ethyl adjacent to an activating group) is 1. The van der Waals surface area contributed by atoms with Crippen molar-refractivity contribution in [3.8, 4) is 0 Å². The van der Waals surface area contributed by atoms with E-state index in [1.54, 1.807) is 0 Å². The molecule has 1 aromatic heterocycles. The molecule has 1 heterocycles. The van der Waals surface area contributed by atoms with Crippen LogP contribution in [0.25, 0.3) is 0 Å². The highest BCUT2D eigenvalue weighted by Gasteiger charge is 2.17. The third kappa shape index (κ3) is 3.58. The molecule has 0 spiro atoms. The Labute approximate surface area is 98.7 Å². The van der Waals surface area contributed by atoms with Crippen LogP contribution in [0, 0.1) is 0 Å². The standard InChI is InChI=1S/C13H23N3/c1-3-5-10-16(4-2)13(11-14)12-8-6-7-9-15-12/h6-9,13H,3-5,10-11,14H2,1-2H3. The molecule has 0 fully saturated rings. The molecule has 2 N–H and O–H groups in total. The van der Waals surface area contributed by atoms with Gasteiger partial charge in [0.05, 0.1) is 11.7 Å². The Morgan fingerprint density at radius 3 is 2.69 bits per heavy atom. The molecule has 0 saturated carbocycles. The van der Waals surface area contributed by atoms with Crippen molar-refractivity contribution in [2.24, 2.45) is 5.73 Å². The number of hydrogen-bond acceptors (Lipinski definition) is 3. The molecule has 1 rings (SSSR count). The summed E-state index contributed by atoms with van der Waals surface area (Å²) in [5.74, 6) is 0. The summed E-state index contributed by atoms with van der Waals surface area (Å²) in [5.41, 5.74) is 6.96. The maximum absolute atomic E-state index is 5.87. The lowest BCUT2D eigenvalue weighted by Crippen LogP contribution is -2.34. The second kappa shape index (κ2) is 7.36. The zero-order chi connectivity index (χ0) is 11.8. The van der Waals surface area contributed by atoms with Crippen LogP contribution in [0.2, 0.25) is 0 Å². The van der Waals surface area contributed by atoms with Gasteiger partial charge in [-0.25, -0.2) is 0 Å². The minimum Gasteiger partial charge on any atom is -0.329 e. The van der Waals surface area contributed by atoms with Crippen molar-refractivity contribution < 1.29 is 0 Å². The van der Waals surface area contributed by atoms with Gasteiger partial charge in [0.25, 0.3) is 0 Å². The highest BCUT2D eigenvalue weighted by molar-refractivity contribution is 5.09. The smallest absolute Gasteiger partial charge is 0.0644 e. The van der Waals surface area contributed by atoms with Crippen LogP contribution in [-0.2, 0) is 0 Å². The van der Waals surface area contributed by atoms with E-state index < -0.39 is 0 Å². The second-order valence-electron chi connectivity index (χ2n) is 3.99. The van der Waals surface area contributed by atoms with E-state index in [9.17, 15) is 0 Å². The summed E-state index contributed by atoms with van der Waals surface area (Å²) < 4.78 is 0. The van der Waals surface area contributed by atoms with Crippen molar-refractivity contribution in [2.75, 3.05) is 19.6 Å². The van der Waals surface area contributed by atoms with E-state index in [0.29, 0.717) is 6.54 Å². The second-order valence-corrected chi connectivity index (χ2v) is 3.99. The molecule has 0 amide bonds. The lowest BCUT2D eigenvalue weighted by molar-refractivity contribution is 0.205. The molecule has 0 aliphatic heterocycles. The lowest BCUT2D eigenvalue weighted by Gasteiger charge is -2.29. The van der Waals surface area contributed by atoms with E-state index in [4.69, 9.17) is 5.73 Å². The van der Waals surface area contributed by atoms with E-state index in [2.05, 4.69) is 29.8 Å². The quantitative estimate of drug-likeness (QED) is 0.767. The molecule has 0 radical (unpaired) electrons. The SMILES string of the molecule is CCCCN(CC)C(CN)c1ccccn1. The predicted octanol–water partition coefficient (Wildman–Crippen LogP) is 2.20. The molecule has 1 aromatic rings. The Balaban J connectivity index is 2.71. The highest BCUT2D eigenvalue weighted by Crippen LogP contribution is 2.17. The van der Waals surface area contributed by atoms with Gasteiger partial charge in [0.2, 0.25) is 0 Å². The average Bonchev–Trinajstić information content (AvgIpc) is 2.35. The molecule has 0 bridgehead atoms. The number of nitrogens with two attached hydrogens (primary N) is 1. The first-order valence-electron chi connectivity index (χ1n) is 6.18. The summed E-state index contributed by atoms with van der Waals surface area (Å²) in [6.45, 7) is 7.16. The molecule has 0 aromatic carbocycles. The molecule has 0 aliphatic rings. The zero-order valence-electron chi connectivity index (χ0n) is 10.4. The summed E-state index contributed by atoms with van der Waals surface area (Å²) in [6.07, 6.45) is 4.28. The van der Waals surface area contributed by atoms with E-state index in [1.807, 2.05) is 18.3 Å². The highest BCUT2D eigenvalue weighted by atomic mass is 15.2. The summed E-state index contributed by atoms with van der Waals surface area (Å²) >= 11 is 0. The molecule has 16 heavy (non-hydrogen) atoms. The zero-order valence-corrected chi connectivity index (χ0v) is 10.4. The number of nitrogens with zero attached hydrogens (tertiary/aromatic N) is 2. The Morgan fingerprint density at radius 2 is 2.19 bits per heavy atom. The topological polar surface area (TPSA) is 42.1 Å². The monoisotopic (exact) mass is 221 g/mol. The van der Waals surface area contributed by atoms with Crippen molar-refractivity contribution >= 4 is 0 Å². The van der Waals surface area contributed by atoms with E-state index >= 15 is 0 Å². The van der Waals surface area contributed by atoms with Gasteiger partial charge in [0.1, 0.15) is 0 Å². The Hall–Kier alpha value is -0.930. The van der Waals surface area contributed by atoms with Crippen LogP contribution in [-0.4, -0.2) is 29.5 Å². The summed E-state index contributed by atoms with van der Waals surface area (Å²) in [7, 11) is 0. The van der Waals surface area contributed by atoms with Gasteiger partial charge in [-0.3, -0.25) is 9.88 Å². The third-order valence-corrected chi connectivity index (χ3v) is 2.90. The summed E-state index contributed by atoms with van der Waals surface area (Å²) in [6, 6.07) is 6.29. The maximum Gasteiger partial charge on any atom is 0.0644 e. The lowest BCUT2D eigenvalue weighted by atomic mass is 10.1. The van der Waals surface area contributed by atoms with E-state index in [1.165, 1.54) is 12.8 Å². The fraction of sp³-hybridized carbons (Fsp3) is 0.615. The van der Waals surface area contributed by atoms with Crippen LogP contribution in [0.5, 0.6) is 0 Å². The molecule has 1 atom stereocenters. The first kappa shape index (κ1) is 13.1. The molecule has 3 nitrogen and oxygen atoms in total. The first-order valence-corrected chi connectivity index (χ1v) is 6.18. The van der Waals surface area contributed by atoms with Crippen LogP contribution in [0.1, 0.15) is 38.4 Å².